The quantitative estimate of drug-likeness (QED) is 0.596. The second kappa shape index (κ2) is 8.55. The van der Waals surface area contributed by atoms with Crippen LogP contribution in [0.5, 0.6) is 0 Å². The van der Waals surface area contributed by atoms with E-state index in [-0.39, 0.29) is 12.3 Å². The highest BCUT2D eigenvalue weighted by molar-refractivity contribution is 7.13. The zero-order chi connectivity index (χ0) is 19.4. The van der Waals surface area contributed by atoms with Gasteiger partial charge in [-0.1, -0.05) is 35.9 Å². The molecule has 0 unspecified atom stereocenters. The smallest absolute Gasteiger partial charge is 0.230 e. The van der Waals surface area contributed by atoms with Crippen molar-refractivity contribution in [2.45, 2.75) is 26.3 Å². The van der Waals surface area contributed by atoms with Gasteiger partial charge in [0.15, 0.2) is 0 Å². The molecular weight excluding hydrogens is 378 g/mol. The van der Waals surface area contributed by atoms with Crippen LogP contribution in [0, 0.1) is 0 Å². The van der Waals surface area contributed by atoms with Gasteiger partial charge in [0.25, 0.3) is 0 Å². The predicted molar refractivity (Wildman–Crippen MR) is 115 cm³/mol. The number of hydrogen-bond donors (Lipinski definition) is 1. The third-order valence-corrected chi connectivity index (χ3v) is 5.56. The molecule has 0 aliphatic heterocycles. The summed E-state index contributed by atoms with van der Waals surface area (Å²) in [6.07, 6.45) is 0.227. The van der Waals surface area contributed by atoms with Crippen molar-refractivity contribution in [2.75, 3.05) is 17.3 Å². The lowest BCUT2D eigenvalue weighted by Gasteiger charge is -2.24. The molecule has 0 spiro atoms. The fraction of sp³-hybridized carbons (Fsp3) is 0.238. The number of halogens is 1. The topological polar surface area (TPSA) is 45.2 Å². The Balaban J connectivity index is 1.67. The molecule has 2 aromatic carbocycles. The molecule has 6 heteroatoms. The van der Waals surface area contributed by atoms with Gasteiger partial charge in [-0.05, 0) is 38.1 Å². The molecule has 0 fully saturated rings. The lowest BCUT2D eigenvalue weighted by molar-refractivity contribution is -0.115. The number of benzene rings is 2. The number of thiazole rings is 1. The SMILES string of the molecule is CC(C)N(C)c1cccc(NC(=O)Cc2csc(-c3ccccc3Cl)n2)c1. The van der Waals surface area contributed by atoms with Gasteiger partial charge in [-0.25, -0.2) is 4.98 Å². The van der Waals surface area contributed by atoms with Crippen molar-refractivity contribution in [3.63, 3.8) is 0 Å². The van der Waals surface area contributed by atoms with E-state index >= 15 is 0 Å². The van der Waals surface area contributed by atoms with Crippen molar-refractivity contribution in [2.24, 2.45) is 0 Å². The molecule has 1 amide bonds. The maximum Gasteiger partial charge on any atom is 0.230 e. The third kappa shape index (κ3) is 4.87. The van der Waals surface area contributed by atoms with Crippen LogP contribution in [-0.2, 0) is 11.2 Å². The second-order valence-corrected chi connectivity index (χ2v) is 7.87. The van der Waals surface area contributed by atoms with Crippen LogP contribution in [0.1, 0.15) is 19.5 Å². The molecule has 1 aromatic heterocycles. The standard InChI is InChI=1S/C21H22ClN3OS/c1-14(2)25(3)17-8-6-7-15(11-17)23-20(26)12-16-13-27-21(24-16)18-9-4-5-10-19(18)22/h4-11,13-14H,12H2,1-3H3,(H,23,26). The van der Waals surface area contributed by atoms with Crippen LogP contribution in [-0.4, -0.2) is 24.0 Å². The fourth-order valence-electron chi connectivity index (χ4n) is 2.62. The first-order valence-corrected chi connectivity index (χ1v) is 10.0. The maximum absolute atomic E-state index is 12.4. The van der Waals surface area contributed by atoms with Gasteiger partial charge in [-0.2, -0.15) is 0 Å². The Hall–Kier alpha value is -2.37. The summed E-state index contributed by atoms with van der Waals surface area (Å²) in [6.45, 7) is 4.26. The Morgan fingerprint density at radius 3 is 2.74 bits per heavy atom. The Bertz CT molecular complexity index is 938. The van der Waals surface area contributed by atoms with Gasteiger partial charge in [0.2, 0.25) is 5.91 Å². The first-order valence-electron chi connectivity index (χ1n) is 8.76. The average molecular weight is 400 g/mol. The number of hydrogen-bond acceptors (Lipinski definition) is 4. The molecule has 3 rings (SSSR count). The highest BCUT2D eigenvalue weighted by atomic mass is 35.5. The van der Waals surface area contributed by atoms with Crippen molar-refractivity contribution < 1.29 is 4.79 Å². The molecule has 140 valence electrons. The number of amides is 1. The van der Waals surface area contributed by atoms with Gasteiger partial charge in [0.1, 0.15) is 5.01 Å². The Morgan fingerprint density at radius 2 is 2.00 bits per heavy atom. The number of nitrogens with one attached hydrogen (secondary N) is 1. The van der Waals surface area contributed by atoms with E-state index in [9.17, 15) is 4.79 Å². The third-order valence-electron chi connectivity index (χ3n) is 4.31. The Labute approximate surface area is 168 Å². The van der Waals surface area contributed by atoms with Crippen LogP contribution in [0.4, 0.5) is 11.4 Å². The van der Waals surface area contributed by atoms with E-state index in [0.29, 0.717) is 11.1 Å². The summed E-state index contributed by atoms with van der Waals surface area (Å²) >= 11 is 7.72. The molecule has 0 aliphatic carbocycles. The molecule has 0 atom stereocenters. The van der Waals surface area contributed by atoms with Crippen LogP contribution in [0.3, 0.4) is 0 Å². The Morgan fingerprint density at radius 1 is 1.22 bits per heavy atom. The molecular formula is C21H22ClN3OS. The minimum Gasteiger partial charge on any atom is -0.372 e. The number of anilines is 2. The van der Waals surface area contributed by atoms with E-state index in [4.69, 9.17) is 11.6 Å². The summed E-state index contributed by atoms with van der Waals surface area (Å²) in [6, 6.07) is 15.8. The number of carbonyl (C=O) groups is 1. The number of aromatic nitrogens is 1. The molecule has 27 heavy (non-hydrogen) atoms. The predicted octanol–water partition coefficient (Wildman–Crippen LogP) is 5.49. The van der Waals surface area contributed by atoms with Crippen LogP contribution >= 0.6 is 22.9 Å². The van der Waals surface area contributed by atoms with Crippen molar-refractivity contribution >= 4 is 40.2 Å². The lowest BCUT2D eigenvalue weighted by Crippen LogP contribution is -2.25. The molecule has 0 aliphatic rings. The summed E-state index contributed by atoms with van der Waals surface area (Å²) in [4.78, 5) is 19.1. The van der Waals surface area contributed by atoms with Crippen LogP contribution in [0.25, 0.3) is 10.6 Å². The van der Waals surface area contributed by atoms with E-state index in [1.54, 1.807) is 0 Å². The Kier molecular flexibility index (Phi) is 6.14. The van der Waals surface area contributed by atoms with E-state index in [2.05, 4.69) is 29.0 Å². The average Bonchev–Trinajstić information content (AvgIpc) is 3.09. The van der Waals surface area contributed by atoms with E-state index in [1.807, 2.05) is 61.0 Å². The van der Waals surface area contributed by atoms with Crippen LogP contribution in [0.2, 0.25) is 5.02 Å². The molecule has 1 N–H and O–H groups in total. The number of rotatable bonds is 6. The first-order chi connectivity index (χ1) is 12.9. The first kappa shape index (κ1) is 19.4. The minimum atomic E-state index is -0.0876. The van der Waals surface area contributed by atoms with Crippen molar-refractivity contribution in [1.82, 2.24) is 4.98 Å². The normalized spacial score (nSPS) is 10.9. The summed E-state index contributed by atoms with van der Waals surface area (Å²) < 4.78 is 0. The molecule has 3 aromatic rings. The molecule has 4 nitrogen and oxygen atoms in total. The highest BCUT2D eigenvalue weighted by Crippen LogP contribution is 2.30. The molecule has 0 bridgehead atoms. The second-order valence-electron chi connectivity index (χ2n) is 6.60. The van der Waals surface area contributed by atoms with Gasteiger partial charge in [-0.3, -0.25) is 4.79 Å². The number of carbonyl (C=O) groups excluding carboxylic acids is 1. The summed E-state index contributed by atoms with van der Waals surface area (Å²) in [5, 5.41) is 6.35. The van der Waals surface area contributed by atoms with Crippen LogP contribution in [0.15, 0.2) is 53.9 Å². The zero-order valence-corrected chi connectivity index (χ0v) is 17.1. The monoisotopic (exact) mass is 399 g/mol. The zero-order valence-electron chi connectivity index (χ0n) is 15.6. The van der Waals surface area contributed by atoms with Crippen molar-refractivity contribution in [3.8, 4) is 10.6 Å². The van der Waals surface area contributed by atoms with E-state index in [1.165, 1.54) is 11.3 Å². The maximum atomic E-state index is 12.4. The molecule has 0 saturated heterocycles. The highest BCUT2D eigenvalue weighted by Gasteiger charge is 2.12. The molecule has 1 heterocycles. The fourth-order valence-corrected chi connectivity index (χ4v) is 3.76. The van der Waals surface area contributed by atoms with Gasteiger partial charge in [0, 0.05) is 35.4 Å². The molecule has 0 saturated carbocycles. The minimum absolute atomic E-state index is 0.0876. The van der Waals surface area contributed by atoms with Crippen LogP contribution < -0.4 is 10.2 Å². The van der Waals surface area contributed by atoms with Gasteiger partial charge < -0.3 is 10.2 Å². The summed E-state index contributed by atoms with van der Waals surface area (Å²) in [5.74, 6) is -0.0876. The van der Waals surface area contributed by atoms with Gasteiger partial charge in [0.05, 0.1) is 17.1 Å². The largest absolute Gasteiger partial charge is 0.372 e. The van der Waals surface area contributed by atoms with Gasteiger partial charge in [-0.15, -0.1) is 11.3 Å². The van der Waals surface area contributed by atoms with E-state index in [0.717, 1.165) is 27.6 Å². The summed E-state index contributed by atoms with van der Waals surface area (Å²) in [7, 11) is 2.04. The molecule has 0 radical (unpaired) electrons. The lowest BCUT2D eigenvalue weighted by atomic mass is 10.2. The van der Waals surface area contributed by atoms with Crippen molar-refractivity contribution in [3.05, 3.63) is 64.6 Å². The van der Waals surface area contributed by atoms with Crippen molar-refractivity contribution in [1.29, 1.82) is 0 Å². The summed E-state index contributed by atoms with van der Waals surface area (Å²) in [5.41, 5.74) is 3.48. The van der Waals surface area contributed by atoms with E-state index < -0.39 is 0 Å². The van der Waals surface area contributed by atoms with Gasteiger partial charge >= 0.3 is 0 Å². The number of nitrogens with zero attached hydrogens (tertiary/aromatic N) is 2.